The smallest absolute Gasteiger partial charge is 0.230 e. The quantitative estimate of drug-likeness (QED) is 0.446. The van der Waals surface area contributed by atoms with Crippen molar-refractivity contribution in [3.8, 4) is 5.75 Å². The van der Waals surface area contributed by atoms with Crippen LogP contribution in [0.25, 0.3) is 0 Å². The highest BCUT2D eigenvalue weighted by atomic mass is 16.5. The van der Waals surface area contributed by atoms with Gasteiger partial charge in [0, 0.05) is 17.5 Å². The lowest BCUT2D eigenvalue weighted by Crippen LogP contribution is -2.71. The monoisotopic (exact) mass is 506 g/mol. The summed E-state index contributed by atoms with van der Waals surface area (Å²) in [7, 11) is 3.49. The van der Waals surface area contributed by atoms with E-state index in [4.69, 9.17) is 10.5 Å². The number of benzene rings is 2. The van der Waals surface area contributed by atoms with Crippen molar-refractivity contribution in [2.24, 2.45) is 23.5 Å². The Labute approximate surface area is 214 Å². The second kappa shape index (κ2) is 9.09. The van der Waals surface area contributed by atoms with Gasteiger partial charge in [0.05, 0.1) is 18.3 Å². The van der Waals surface area contributed by atoms with Crippen LogP contribution in [0.3, 0.4) is 0 Å². The lowest BCUT2D eigenvalue weighted by atomic mass is 9.56. The van der Waals surface area contributed by atoms with Gasteiger partial charge in [-0.05, 0) is 50.0 Å². The van der Waals surface area contributed by atoms with E-state index in [-0.39, 0.29) is 29.9 Å². The third kappa shape index (κ3) is 3.77. The molecule has 2 aromatic carbocycles. The van der Waals surface area contributed by atoms with E-state index < -0.39 is 58.7 Å². The summed E-state index contributed by atoms with van der Waals surface area (Å²) < 4.78 is 6.17. The lowest BCUT2D eigenvalue weighted by molar-refractivity contribution is -0.186. The number of hydrogen-bond donors (Lipinski definition) is 4. The lowest BCUT2D eigenvalue weighted by Gasteiger charge is -2.54. The third-order valence-corrected chi connectivity index (χ3v) is 8.09. The maximum atomic E-state index is 13.8. The zero-order valence-electron chi connectivity index (χ0n) is 20.6. The Kier molecular flexibility index (Phi) is 6.18. The van der Waals surface area contributed by atoms with Crippen LogP contribution in [0.15, 0.2) is 59.9 Å². The number of amides is 1. The summed E-state index contributed by atoms with van der Waals surface area (Å²) >= 11 is 0. The van der Waals surface area contributed by atoms with Crippen LogP contribution in [0.5, 0.6) is 5.75 Å². The van der Waals surface area contributed by atoms with Crippen molar-refractivity contribution < 1.29 is 34.4 Å². The number of ketones is 2. The average molecular weight is 507 g/mol. The van der Waals surface area contributed by atoms with Gasteiger partial charge in [0.25, 0.3) is 0 Å². The molecule has 5 N–H and O–H groups in total. The number of aromatic hydroxyl groups is 1. The summed E-state index contributed by atoms with van der Waals surface area (Å²) in [6.45, 7) is 0.111. The van der Waals surface area contributed by atoms with Crippen molar-refractivity contribution in [2.75, 3.05) is 14.1 Å². The van der Waals surface area contributed by atoms with Gasteiger partial charge in [-0.15, -0.1) is 0 Å². The summed E-state index contributed by atoms with van der Waals surface area (Å²) in [6.07, 6.45) is -0.470. The number of aliphatic hydroxyl groups is 2. The largest absolute Gasteiger partial charge is 0.508 e. The first-order valence-electron chi connectivity index (χ1n) is 12.2. The number of hydrogen-bond acceptors (Lipinski definition) is 8. The average Bonchev–Trinajstić information content (AvgIpc) is 2.85. The summed E-state index contributed by atoms with van der Waals surface area (Å²) in [5.41, 5.74) is 4.58. The number of aliphatic hydroxyl groups excluding tert-OH is 1. The molecular formula is C28H30N2O7. The number of nitrogens with two attached hydrogens (primary N) is 1. The molecule has 0 heterocycles. The van der Waals surface area contributed by atoms with Gasteiger partial charge < -0.3 is 30.7 Å². The molecule has 0 aromatic heterocycles. The fraction of sp³-hybridized carbons (Fsp3) is 0.393. The predicted molar refractivity (Wildman–Crippen MR) is 133 cm³/mol. The van der Waals surface area contributed by atoms with Gasteiger partial charge in [-0.2, -0.15) is 0 Å². The zero-order chi connectivity index (χ0) is 26.6. The van der Waals surface area contributed by atoms with Crippen molar-refractivity contribution in [2.45, 2.75) is 37.2 Å². The van der Waals surface area contributed by atoms with Gasteiger partial charge in [0.15, 0.2) is 17.2 Å². The van der Waals surface area contributed by atoms with Gasteiger partial charge in [0.2, 0.25) is 5.91 Å². The Bertz CT molecular complexity index is 1300. The van der Waals surface area contributed by atoms with E-state index in [1.807, 2.05) is 30.3 Å². The molecular weight excluding hydrogens is 476 g/mol. The Balaban J connectivity index is 1.62. The number of Topliss-reactive ketones (excluding diaryl/α,β-unsaturated/α-hetero) is 2. The Hall–Kier alpha value is -3.53. The summed E-state index contributed by atoms with van der Waals surface area (Å²) in [6, 6.07) is 13.3. The van der Waals surface area contributed by atoms with Gasteiger partial charge >= 0.3 is 0 Å². The number of nitrogens with zero attached hydrogens (tertiary/aromatic N) is 1. The molecule has 2 aromatic rings. The van der Waals surface area contributed by atoms with Crippen LogP contribution in [-0.2, 0) is 27.4 Å². The maximum Gasteiger partial charge on any atom is 0.230 e. The van der Waals surface area contributed by atoms with Crippen LogP contribution in [0.2, 0.25) is 0 Å². The molecule has 0 saturated heterocycles. The number of fused-ring (bicyclic) bond motifs is 3. The first kappa shape index (κ1) is 25.1. The molecule has 0 aliphatic heterocycles. The van der Waals surface area contributed by atoms with Gasteiger partial charge in [-0.25, -0.2) is 0 Å². The minimum absolute atomic E-state index is 0.0466. The van der Waals surface area contributed by atoms with E-state index >= 15 is 0 Å². The van der Waals surface area contributed by atoms with Crippen LogP contribution in [0.4, 0.5) is 0 Å². The highest BCUT2D eigenvalue weighted by molar-refractivity contribution is 6.15. The molecule has 1 amide bonds. The summed E-state index contributed by atoms with van der Waals surface area (Å²) in [4.78, 5) is 41.6. The Morgan fingerprint density at radius 3 is 2.46 bits per heavy atom. The molecule has 5 rings (SSSR count). The standard InChI is InChI=1S/C28H30N2O7/c1-30(2)22-17-12-16-11-15-9-6-10-18(31)19(15)23(32)20(16)25(33)28(17,36)26(34)21(27(29)35)24(22)37-13-14-7-4-3-5-8-14/h3-10,16-17,21-22,24,31,33,36H,11-13H2,1-2H3,(H2,29,35)/t16-,17-,21?,22-,24?,28-/m0/s1. The van der Waals surface area contributed by atoms with Gasteiger partial charge in [-0.3, -0.25) is 14.4 Å². The number of likely N-dealkylation sites (N-methyl/N-ethyl adjacent to an activating group) is 1. The second-order valence-electron chi connectivity index (χ2n) is 10.4. The number of phenolic OH excluding ortho intramolecular Hbond substituents is 1. The number of allylic oxidation sites excluding steroid dienone is 1. The first-order chi connectivity index (χ1) is 17.6. The molecule has 9 heteroatoms. The van der Waals surface area contributed by atoms with E-state index in [2.05, 4.69) is 0 Å². The van der Waals surface area contributed by atoms with E-state index in [1.54, 1.807) is 31.1 Å². The van der Waals surface area contributed by atoms with Crippen LogP contribution >= 0.6 is 0 Å². The third-order valence-electron chi connectivity index (χ3n) is 8.09. The summed E-state index contributed by atoms with van der Waals surface area (Å²) in [5.74, 6) is -6.55. The number of rotatable bonds is 5. The number of primary amides is 1. The molecule has 37 heavy (non-hydrogen) atoms. The molecule has 1 saturated carbocycles. The topological polar surface area (TPSA) is 150 Å². The van der Waals surface area contributed by atoms with Crippen LogP contribution < -0.4 is 5.73 Å². The van der Waals surface area contributed by atoms with Crippen LogP contribution in [0, 0.1) is 17.8 Å². The molecule has 9 nitrogen and oxygen atoms in total. The summed E-state index contributed by atoms with van der Waals surface area (Å²) in [5, 5.41) is 33.6. The Morgan fingerprint density at radius 2 is 1.81 bits per heavy atom. The van der Waals surface area contributed by atoms with Crippen LogP contribution in [-0.4, -0.2) is 69.5 Å². The number of carbonyl (C=O) groups excluding carboxylic acids is 3. The molecule has 3 aliphatic carbocycles. The van der Waals surface area contributed by atoms with E-state index in [0.29, 0.717) is 12.0 Å². The van der Waals surface area contributed by atoms with Gasteiger partial charge in [-0.1, -0.05) is 42.5 Å². The number of ether oxygens (including phenoxy) is 1. The predicted octanol–water partition coefficient (Wildman–Crippen LogP) is 1.51. The Morgan fingerprint density at radius 1 is 1.11 bits per heavy atom. The number of carbonyl (C=O) groups is 3. The molecule has 1 fully saturated rings. The van der Waals surface area contributed by atoms with Crippen molar-refractivity contribution in [3.05, 3.63) is 76.6 Å². The minimum Gasteiger partial charge on any atom is -0.508 e. The van der Waals surface area contributed by atoms with E-state index in [9.17, 15) is 29.7 Å². The van der Waals surface area contributed by atoms with Crippen molar-refractivity contribution >= 4 is 17.5 Å². The molecule has 194 valence electrons. The molecule has 0 bridgehead atoms. The molecule has 6 atom stereocenters. The first-order valence-corrected chi connectivity index (χ1v) is 12.2. The fourth-order valence-corrected chi connectivity index (χ4v) is 6.47. The van der Waals surface area contributed by atoms with Gasteiger partial charge in [0.1, 0.15) is 17.4 Å². The van der Waals surface area contributed by atoms with E-state index in [1.165, 1.54) is 6.07 Å². The SMILES string of the molecule is CN(C)[C@@H]1C(OCc2ccccc2)C(C(N)=O)C(=O)[C@@]2(O)C(O)=C3C(=O)c4c(O)cccc4C[C@H]3C[C@@H]12. The second-order valence-corrected chi connectivity index (χ2v) is 10.4. The highest BCUT2D eigenvalue weighted by Crippen LogP contribution is 2.52. The fourth-order valence-electron chi connectivity index (χ4n) is 6.47. The highest BCUT2D eigenvalue weighted by Gasteiger charge is 2.66. The van der Waals surface area contributed by atoms with Crippen molar-refractivity contribution in [3.63, 3.8) is 0 Å². The molecule has 0 spiro atoms. The van der Waals surface area contributed by atoms with E-state index in [0.717, 1.165) is 5.56 Å². The maximum absolute atomic E-state index is 13.8. The molecule has 2 unspecified atom stereocenters. The van der Waals surface area contributed by atoms with Crippen molar-refractivity contribution in [1.29, 1.82) is 0 Å². The normalized spacial score (nSPS) is 31.1. The van der Waals surface area contributed by atoms with Crippen molar-refractivity contribution in [1.82, 2.24) is 4.90 Å². The molecule has 0 radical (unpaired) electrons. The molecule has 3 aliphatic rings. The number of phenols is 1. The minimum atomic E-state index is -2.51. The zero-order valence-corrected chi connectivity index (χ0v) is 20.6. The van der Waals surface area contributed by atoms with Crippen LogP contribution in [0.1, 0.15) is 27.9 Å².